The molecule has 6 heteroatoms. The van der Waals surface area contributed by atoms with Crippen molar-refractivity contribution in [2.75, 3.05) is 6.61 Å². The summed E-state index contributed by atoms with van der Waals surface area (Å²) >= 11 is 0. The van der Waals surface area contributed by atoms with Crippen LogP contribution in [0, 0.1) is 0 Å². The fourth-order valence-electron chi connectivity index (χ4n) is 8.43. The zero-order chi connectivity index (χ0) is 42.4. The van der Waals surface area contributed by atoms with E-state index in [1.165, 1.54) is 205 Å². The third-order valence-electron chi connectivity index (χ3n) is 12.4. The summed E-state index contributed by atoms with van der Waals surface area (Å²) in [6.07, 6.45) is 50.2. The van der Waals surface area contributed by atoms with Crippen molar-refractivity contribution in [1.29, 1.82) is 0 Å². The second-order valence-electron chi connectivity index (χ2n) is 18.3. The summed E-state index contributed by atoms with van der Waals surface area (Å²) in [5, 5.41) is 23.8. The minimum absolute atomic E-state index is 0.0878. The van der Waals surface area contributed by atoms with E-state index in [1.54, 1.807) is 0 Å². The number of hydrogen-bond donors (Lipinski definition) is 3. The van der Waals surface area contributed by atoms with E-state index in [0.29, 0.717) is 19.3 Å². The molecule has 6 nitrogen and oxygen atoms in total. The highest BCUT2D eigenvalue weighted by Crippen LogP contribution is 2.19. The van der Waals surface area contributed by atoms with Gasteiger partial charge in [-0.2, -0.15) is 0 Å². The number of amides is 1. The molecule has 3 unspecified atom stereocenters. The Hall–Kier alpha value is -1.14. The summed E-state index contributed by atoms with van der Waals surface area (Å²) in [6.45, 7) is 6.51. The van der Waals surface area contributed by atoms with E-state index in [1.807, 2.05) is 0 Å². The van der Waals surface area contributed by atoms with Gasteiger partial charge in [-0.05, 0) is 25.7 Å². The first-order valence-corrected chi connectivity index (χ1v) is 26.3. The molecule has 58 heavy (non-hydrogen) atoms. The molecule has 0 aliphatic heterocycles. The van der Waals surface area contributed by atoms with Crippen molar-refractivity contribution in [2.24, 2.45) is 0 Å². The molecule has 0 aliphatic carbocycles. The van der Waals surface area contributed by atoms with E-state index in [-0.39, 0.29) is 24.9 Å². The van der Waals surface area contributed by atoms with E-state index in [9.17, 15) is 19.8 Å². The Labute approximate surface area is 362 Å². The van der Waals surface area contributed by atoms with Gasteiger partial charge in [-0.1, -0.05) is 258 Å². The van der Waals surface area contributed by atoms with Crippen molar-refractivity contribution in [3.8, 4) is 0 Å². The largest absolute Gasteiger partial charge is 0.462 e. The first-order valence-electron chi connectivity index (χ1n) is 26.3. The number of rotatable bonds is 48. The van der Waals surface area contributed by atoms with Crippen LogP contribution < -0.4 is 5.32 Å². The standard InChI is InChI=1S/C52H103NO5/c1-4-7-10-13-16-19-22-24-26-29-31-34-37-40-43-48(58-52(57)45-42-39-36-33-28-21-18-15-12-9-6-3)46-51(56)53-49(47-54)50(55)44-41-38-35-32-30-27-25-23-20-17-14-11-8-5-2/h48-50,54-55H,4-47H2,1-3H3,(H,53,56). The van der Waals surface area contributed by atoms with Crippen LogP contribution in [0.4, 0.5) is 0 Å². The van der Waals surface area contributed by atoms with Gasteiger partial charge in [0.2, 0.25) is 5.91 Å². The van der Waals surface area contributed by atoms with Gasteiger partial charge in [0.1, 0.15) is 6.10 Å². The second kappa shape index (κ2) is 46.9. The van der Waals surface area contributed by atoms with E-state index < -0.39 is 18.2 Å². The lowest BCUT2D eigenvalue weighted by molar-refractivity contribution is -0.151. The highest BCUT2D eigenvalue weighted by atomic mass is 16.5. The molecular weight excluding hydrogens is 719 g/mol. The topological polar surface area (TPSA) is 95.9 Å². The minimum Gasteiger partial charge on any atom is -0.462 e. The van der Waals surface area contributed by atoms with Crippen molar-refractivity contribution in [2.45, 2.75) is 315 Å². The molecule has 0 aromatic heterocycles. The number of nitrogens with one attached hydrogen (secondary N) is 1. The Morgan fingerprint density at radius 1 is 0.431 bits per heavy atom. The van der Waals surface area contributed by atoms with Gasteiger partial charge in [-0.25, -0.2) is 0 Å². The third kappa shape index (κ3) is 41.6. The molecule has 1 amide bonds. The van der Waals surface area contributed by atoms with E-state index in [2.05, 4.69) is 26.1 Å². The van der Waals surface area contributed by atoms with Gasteiger partial charge in [0.05, 0.1) is 25.2 Å². The molecule has 0 rings (SSSR count). The highest BCUT2D eigenvalue weighted by Gasteiger charge is 2.24. The smallest absolute Gasteiger partial charge is 0.306 e. The van der Waals surface area contributed by atoms with Crippen LogP contribution in [-0.2, 0) is 14.3 Å². The van der Waals surface area contributed by atoms with Crippen LogP contribution in [0.1, 0.15) is 297 Å². The summed E-state index contributed by atoms with van der Waals surface area (Å²) < 4.78 is 5.93. The molecule has 346 valence electrons. The van der Waals surface area contributed by atoms with E-state index in [0.717, 1.165) is 44.9 Å². The molecule has 0 aromatic carbocycles. The quantitative estimate of drug-likeness (QED) is 0.0420. The average Bonchev–Trinajstić information content (AvgIpc) is 3.22. The van der Waals surface area contributed by atoms with Gasteiger partial charge >= 0.3 is 5.97 Å². The maximum atomic E-state index is 13.2. The zero-order valence-corrected chi connectivity index (χ0v) is 39.5. The summed E-state index contributed by atoms with van der Waals surface area (Å²) in [6, 6.07) is -0.691. The first-order chi connectivity index (χ1) is 28.5. The number of ether oxygens (including phenoxy) is 1. The van der Waals surface area contributed by atoms with Crippen LogP contribution in [0.5, 0.6) is 0 Å². The third-order valence-corrected chi connectivity index (χ3v) is 12.4. The fraction of sp³-hybridized carbons (Fsp3) is 0.962. The Bertz CT molecular complexity index is 837. The number of hydrogen-bond acceptors (Lipinski definition) is 5. The molecule has 0 aromatic rings. The van der Waals surface area contributed by atoms with Crippen molar-refractivity contribution in [3.05, 3.63) is 0 Å². The molecule has 0 saturated carbocycles. The number of carbonyl (C=O) groups excluding carboxylic acids is 2. The second-order valence-corrected chi connectivity index (χ2v) is 18.3. The lowest BCUT2D eigenvalue weighted by atomic mass is 10.0. The van der Waals surface area contributed by atoms with Crippen LogP contribution in [0.25, 0.3) is 0 Å². The number of esters is 1. The van der Waals surface area contributed by atoms with Crippen molar-refractivity contribution < 1.29 is 24.5 Å². The molecule has 3 atom stereocenters. The Kier molecular flexibility index (Phi) is 46.0. The average molecular weight is 822 g/mol. The molecule has 0 aliphatic rings. The van der Waals surface area contributed by atoms with Crippen LogP contribution in [0.15, 0.2) is 0 Å². The summed E-state index contributed by atoms with van der Waals surface area (Å²) in [5.41, 5.74) is 0. The predicted molar refractivity (Wildman–Crippen MR) is 250 cm³/mol. The molecular formula is C52H103NO5. The van der Waals surface area contributed by atoms with Gasteiger partial charge in [-0.3, -0.25) is 9.59 Å². The van der Waals surface area contributed by atoms with Crippen molar-refractivity contribution in [3.63, 3.8) is 0 Å². The number of unbranched alkanes of at least 4 members (excludes halogenated alkanes) is 36. The lowest BCUT2D eigenvalue weighted by Gasteiger charge is -2.24. The molecule has 0 heterocycles. The molecule has 0 radical (unpaired) electrons. The van der Waals surface area contributed by atoms with Gasteiger partial charge < -0.3 is 20.3 Å². The molecule has 3 N–H and O–H groups in total. The number of aliphatic hydroxyl groups excluding tert-OH is 2. The zero-order valence-electron chi connectivity index (χ0n) is 39.5. The molecule has 0 saturated heterocycles. The monoisotopic (exact) mass is 822 g/mol. The van der Waals surface area contributed by atoms with Gasteiger partial charge in [0.25, 0.3) is 0 Å². The molecule has 0 spiro atoms. The van der Waals surface area contributed by atoms with E-state index in [4.69, 9.17) is 4.74 Å². The van der Waals surface area contributed by atoms with Crippen LogP contribution in [0.2, 0.25) is 0 Å². The minimum atomic E-state index is -0.779. The van der Waals surface area contributed by atoms with Crippen LogP contribution in [0.3, 0.4) is 0 Å². The number of carbonyl (C=O) groups is 2. The van der Waals surface area contributed by atoms with Gasteiger partial charge in [0.15, 0.2) is 0 Å². The lowest BCUT2D eigenvalue weighted by Crippen LogP contribution is -2.46. The summed E-state index contributed by atoms with van der Waals surface area (Å²) in [4.78, 5) is 26.1. The van der Waals surface area contributed by atoms with Crippen LogP contribution in [-0.4, -0.2) is 46.9 Å². The Balaban J connectivity index is 4.49. The number of aliphatic hydroxyl groups is 2. The van der Waals surface area contributed by atoms with Gasteiger partial charge in [0, 0.05) is 6.42 Å². The first kappa shape index (κ1) is 56.9. The van der Waals surface area contributed by atoms with Crippen molar-refractivity contribution >= 4 is 11.9 Å². The summed E-state index contributed by atoms with van der Waals surface area (Å²) in [5.74, 6) is -0.451. The Morgan fingerprint density at radius 3 is 1.05 bits per heavy atom. The Morgan fingerprint density at radius 2 is 0.724 bits per heavy atom. The summed E-state index contributed by atoms with van der Waals surface area (Å²) in [7, 11) is 0. The fourth-order valence-corrected chi connectivity index (χ4v) is 8.43. The normalized spacial score (nSPS) is 13.1. The highest BCUT2D eigenvalue weighted by molar-refractivity contribution is 5.77. The van der Waals surface area contributed by atoms with Crippen molar-refractivity contribution in [1.82, 2.24) is 5.32 Å². The van der Waals surface area contributed by atoms with Crippen LogP contribution >= 0.6 is 0 Å². The molecule has 0 bridgehead atoms. The van der Waals surface area contributed by atoms with E-state index >= 15 is 0 Å². The maximum Gasteiger partial charge on any atom is 0.306 e. The van der Waals surface area contributed by atoms with Gasteiger partial charge in [-0.15, -0.1) is 0 Å². The maximum absolute atomic E-state index is 13.2. The SMILES string of the molecule is CCCCCCCCCCCCCCCCC(CC(=O)NC(CO)C(O)CCCCCCCCCCCCCCCC)OC(=O)CCCCCCCCCCCCC. The molecule has 0 fully saturated rings. The predicted octanol–water partition coefficient (Wildman–Crippen LogP) is 15.6.